The second kappa shape index (κ2) is 5.28. The molecule has 21 heavy (non-hydrogen) atoms. The Morgan fingerprint density at radius 2 is 1.90 bits per heavy atom. The molecule has 3 rings (SSSR count). The van der Waals surface area contributed by atoms with Crippen LogP contribution in [0.2, 0.25) is 0 Å². The number of alkyl halides is 2. The van der Waals surface area contributed by atoms with Crippen molar-refractivity contribution in [3.63, 3.8) is 0 Å². The number of halogens is 3. The summed E-state index contributed by atoms with van der Waals surface area (Å²) in [6.07, 6.45) is 2.32. The van der Waals surface area contributed by atoms with Crippen LogP contribution in [-0.4, -0.2) is 46.3 Å². The van der Waals surface area contributed by atoms with E-state index in [2.05, 4.69) is 25.8 Å². The van der Waals surface area contributed by atoms with Crippen LogP contribution in [0.4, 0.5) is 5.82 Å². The van der Waals surface area contributed by atoms with Gasteiger partial charge in [-0.2, -0.15) is 0 Å². The molecule has 0 aromatic carbocycles. The Labute approximate surface area is 142 Å². The fraction of sp³-hybridized carbons (Fsp3) is 0.571. The third kappa shape index (κ3) is 2.76. The van der Waals surface area contributed by atoms with Gasteiger partial charge in [0.15, 0.2) is 0 Å². The van der Waals surface area contributed by atoms with Crippen LogP contribution in [0.3, 0.4) is 0 Å². The summed E-state index contributed by atoms with van der Waals surface area (Å²) in [7, 11) is 0. The van der Waals surface area contributed by atoms with Gasteiger partial charge in [-0.15, -0.1) is 23.2 Å². The van der Waals surface area contributed by atoms with E-state index in [-0.39, 0.29) is 5.91 Å². The molecule has 0 spiro atoms. The van der Waals surface area contributed by atoms with Crippen molar-refractivity contribution in [3.05, 3.63) is 22.8 Å². The van der Waals surface area contributed by atoms with E-state index in [1.807, 2.05) is 24.0 Å². The van der Waals surface area contributed by atoms with E-state index in [0.29, 0.717) is 19.5 Å². The number of rotatable bonds is 2. The predicted octanol–water partition coefficient (Wildman–Crippen LogP) is 3.08. The van der Waals surface area contributed by atoms with Crippen molar-refractivity contribution in [2.75, 3.05) is 31.1 Å². The molecule has 2 aliphatic rings. The minimum Gasteiger partial charge on any atom is -0.353 e. The van der Waals surface area contributed by atoms with E-state index in [1.165, 1.54) is 0 Å². The Bertz CT molecular complexity index is 558. The lowest BCUT2D eigenvalue weighted by molar-refractivity contribution is -0.136. The summed E-state index contributed by atoms with van der Waals surface area (Å²) in [6.45, 7) is 4.74. The largest absolute Gasteiger partial charge is 0.353 e. The van der Waals surface area contributed by atoms with Crippen LogP contribution in [0.5, 0.6) is 0 Å². The molecule has 2 fully saturated rings. The zero-order chi connectivity index (χ0) is 15.3. The Morgan fingerprint density at radius 3 is 2.38 bits per heavy atom. The number of carbonyl (C=O) groups is 1. The Kier molecular flexibility index (Phi) is 3.87. The smallest absolute Gasteiger partial charge is 0.231 e. The fourth-order valence-corrected chi connectivity index (χ4v) is 3.61. The van der Waals surface area contributed by atoms with Crippen molar-refractivity contribution in [2.24, 2.45) is 5.41 Å². The van der Waals surface area contributed by atoms with Gasteiger partial charge in [-0.05, 0) is 41.4 Å². The lowest BCUT2D eigenvalue weighted by Crippen LogP contribution is -2.51. The van der Waals surface area contributed by atoms with Gasteiger partial charge in [0.1, 0.15) is 10.2 Å². The van der Waals surface area contributed by atoms with Gasteiger partial charge in [-0.3, -0.25) is 4.79 Å². The molecular formula is C14H16BrCl2N3O. The van der Waals surface area contributed by atoms with Gasteiger partial charge in [-0.25, -0.2) is 4.98 Å². The Hall–Kier alpha value is -0.520. The number of hydrogen-bond acceptors (Lipinski definition) is 3. The van der Waals surface area contributed by atoms with Gasteiger partial charge in [0, 0.05) is 36.8 Å². The van der Waals surface area contributed by atoms with Gasteiger partial charge < -0.3 is 9.80 Å². The molecule has 1 saturated carbocycles. The topological polar surface area (TPSA) is 36.4 Å². The highest BCUT2D eigenvalue weighted by atomic mass is 79.9. The van der Waals surface area contributed by atoms with Gasteiger partial charge >= 0.3 is 0 Å². The first-order chi connectivity index (χ1) is 9.83. The summed E-state index contributed by atoms with van der Waals surface area (Å²) in [4.78, 5) is 20.9. The molecule has 1 aliphatic heterocycles. The molecule has 114 valence electrons. The average Bonchev–Trinajstić information content (AvgIpc) is 2.99. The van der Waals surface area contributed by atoms with Crippen LogP contribution in [0, 0.1) is 5.41 Å². The summed E-state index contributed by atoms with van der Waals surface area (Å²) in [5.74, 6) is 1.00. The molecule has 1 aromatic rings. The number of anilines is 1. The lowest BCUT2D eigenvalue weighted by atomic mass is 10.1. The second-order valence-corrected chi connectivity index (χ2v) is 8.23. The Balaban J connectivity index is 1.61. The first-order valence-corrected chi connectivity index (χ1v) is 8.42. The van der Waals surface area contributed by atoms with Crippen LogP contribution in [-0.2, 0) is 4.79 Å². The molecule has 1 aliphatic carbocycles. The average molecular weight is 393 g/mol. The maximum absolute atomic E-state index is 12.5. The van der Waals surface area contributed by atoms with E-state index in [4.69, 9.17) is 23.2 Å². The number of aromatic nitrogens is 1. The van der Waals surface area contributed by atoms with Crippen LogP contribution in [0.1, 0.15) is 13.3 Å². The van der Waals surface area contributed by atoms with Gasteiger partial charge in [0.25, 0.3) is 0 Å². The maximum Gasteiger partial charge on any atom is 0.231 e. The highest BCUT2D eigenvalue weighted by Gasteiger charge is 2.68. The number of piperazine rings is 1. The molecule has 7 heteroatoms. The zero-order valence-electron chi connectivity index (χ0n) is 11.7. The van der Waals surface area contributed by atoms with Crippen LogP contribution < -0.4 is 4.90 Å². The summed E-state index contributed by atoms with van der Waals surface area (Å²) in [5.41, 5.74) is -0.617. The van der Waals surface area contributed by atoms with Crippen molar-refractivity contribution in [1.82, 2.24) is 9.88 Å². The van der Waals surface area contributed by atoms with Gasteiger partial charge in [0.2, 0.25) is 5.91 Å². The SMILES string of the molecule is CC1(C(=O)N2CCN(c3ccc(Br)cn3)CC2)CC1(Cl)Cl. The van der Waals surface area contributed by atoms with Crippen molar-refractivity contribution in [1.29, 1.82) is 0 Å². The number of amides is 1. The molecule has 1 unspecified atom stereocenters. The quantitative estimate of drug-likeness (QED) is 0.725. The van der Waals surface area contributed by atoms with Crippen molar-refractivity contribution in [2.45, 2.75) is 17.7 Å². The van der Waals surface area contributed by atoms with Gasteiger partial charge in [-0.1, -0.05) is 0 Å². The second-order valence-electron chi connectivity index (χ2n) is 5.83. The first-order valence-electron chi connectivity index (χ1n) is 6.87. The predicted molar refractivity (Wildman–Crippen MR) is 87.9 cm³/mol. The third-order valence-corrected chi connectivity index (χ3v) is 5.90. The molecule has 4 nitrogen and oxygen atoms in total. The molecular weight excluding hydrogens is 377 g/mol. The van der Waals surface area contributed by atoms with Crippen LogP contribution in [0.25, 0.3) is 0 Å². The normalized spacial score (nSPS) is 27.6. The summed E-state index contributed by atoms with van der Waals surface area (Å²) >= 11 is 15.6. The molecule has 0 radical (unpaired) electrons. The van der Waals surface area contributed by atoms with Crippen LogP contribution >= 0.6 is 39.1 Å². The summed E-state index contributed by atoms with van der Waals surface area (Å²) < 4.78 is 0.0661. The lowest BCUT2D eigenvalue weighted by Gasteiger charge is -2.37. The number of carbonyl (C=O) groups excluding carboxylic acids is 1. The molecule has 1 atom stereocenters. The fourth-order valence-electron chi connectivity index (χ4n) is 2.67. The summed E-state index contributed by atoms with van der Waals surface area (Å²) in [6, 6.07) is 3.95. The van der Waals surface area contributed by atoms with E-state index in [0.717, 1.165) is 23.4 Å². The minimum absolute atomic E-state index is 0.0657. The third-order valence-electron chi connectivity index (χ3n) is 4.33. The molecule has 0 N–H and O–H groups in total. The number of pyridine rings is 1. The standard InChI is InChI=1S/C14H16BrCl2N3O/c1-13(9-14(13,16)17)12(21)20-6-4-19(5-7-20)11-3-2-10(15)8-18-11/h2-3,8H,4-7,9H2,1H3. The molecule has 2 heterocycles. The summed E-state index contributed by atoms with van der Waals surface area (Å²) in [5, 5.41) is 0. The molecule has 1 amide bonds. The van der Waals surface area contributed by atoms with E-state index in [1.54, 1.807) is 6.20 Å². The zero-order valence-corrected chi connectivity index (χ0v) is 14.7. The first kappa shape index (κ1) is 15.4. The minimum atomic E-state index is -0.894. The highest BCUT2D eigenvalue weighted by molar-refractivity contribution is 9.10. The highest BCUT2D eigenvalue weighted by Crippen LogP contribution is 2.64. The molecule has 1 saturated heterocycles. The Morgan fingerprint density at radius 1 is 1.29 bits per heavy atom. The van der Waals surface area contributed by atoms with E-state index in [9.17, 15) is 4.79 Å². The molecule has 1 aromatic heterocycles. The molecule has 0 bridgehead atoms. The van der Waals surface area contributed by atoms with E-state index >= 15 is 0 Å². The van der Waals surface area contributed by atoms with Gasteiger partial charge in [0.05, 0.1) is 5.41 Å². The van der Waals surface area contributed by atoms with Crippen molar-refractivity contribution >= 4 is 50.9 Å². The van der Waals surface area contributed by atoms with Crippen molar-refractivity contribution < 1.29 is 4.79 Å². The van der Waals surface area contributed by atoms with E-state index < -0.39 is 9.75 Å². The maximum atomic E-state index is 12.5. The number of hydrogen-bond donors (Lipinski definition) is 0. The monoisotopic (exact) mass is 391 g/mol. The van der Waals surface area contributed by atoms with Crippen LogP contribution in [0.15, 0.2) is 22.8 Å². The number of nitrogens with zero attached hydrogens (tertiary/aromatic N) is 3. The van der Waals surface area contributed by atoms with Crippen molar-refractivity contribution in [3.8, 4) is 0 Å².